The van der Waals surface area contributed by atoms with E-state index in [1.54, 1.807) is 24.3 Å². The third-order valence-electron chi connectivity index (χ3n) is 5.63. The van der Waals surface area contributed by atoms with Crippen molar-refractivity contribution in [2.24, 2.45) is 0 Å². The molecular weight excluding hydrogens is 382 g/mol. The van der Waals surface area contributed by atoms with Gasteiger partial charge in [-0.3, -0.25) is 0 Å². The van der Waals surface area contributed by atoms with Gasteiger partial charge in [0.25, 0.3) is 0 Å². The van der Waals surface area contributed by atoms with E-state index in [-0.39, 0.29) is 11.6 Å². The van der Waals surface area contributed by atoms with Crippen molar-refractivity contribution in [2.45, 2.75) is 20.4 Å². The van der Waals surface area contributed by atoms with E-state index in [9.17, 15) is 8.78 Å². The number of aromatic nitrogens is 1. The molecule has 0 radical (unpaired) electrons. The van der Waals surface area contributed by atoms with Crippen LogP contribution < -0.4 is 4.74 Å². The fourth-order valence-electron chi connectivity index (χ4n) is 3.98. The van der Waals surface area contributed by atoms with Crippen LogP contribution in [-0.4, -0.2) is 35.7 Å². The Morgan fingerprint density at radius 3 is 2.33 bits per heavy atom. The van der Waals surface area contributed by atoms with Gasteiger partial charge in [-0.05, 0) is 61.1 Å². The molecular formula is C25H26F2N2O. The largest absolute Gasteiger partial charge is 0.492 e. The smallest absolute Gasteiger partial charge is 0.129 e. The van der Waals surface area contributed by atoms with Gasteiger partial charge in [0.1, 0.15) is 24.0 Å². The van der Waals surface area contributed by atoms with E-state index in [1.807, 2.05) is 18.2 Å². The zero-order chi connectivity index (χ0) is 21.1. The Morgan fingerprint density at radius 1 is 0.867 bits per heavy atom. The summed E-state index contributed by atoms with van der Waals surface area (Å²) in [5.41, 5.74) is 2.88. The molecule has 1 heterocycles. The van der Waals surface area contributed by atoms with E-state index in [0.29, 0.717) is 13.2 Å². The van der Waals surface area contributed by atoms with Crippen molar-refractivity contribution in [1.29, 1.82) is 0 Å². The second kappa shape index (κ2) is 8.84. The summed E-state index contributed by atoms with van der Waals surface area (Å²) in [6.45, 7) is 8.20. The van der Waals surface area contributed by atoms with Gasteiger partial charge in [-0.1, -0.05) is 32.0 Å². The lowest BCUT2D eigenvalue weighted by molar-refractivity contribution is 0.224. The fraction of sp³-hybridized carbons (Fsp3) is 0.280. The van der Waals surface area contributed by atoms with E-state index in [2.05, 4.69) is 23.3 Å². The van der Waals surface area contributed by atoms with Crippen LogP contribution in [0.2, 0.25) is 0 Å². The molecule has 0 aliphatic carbocycles. The van der Waals surface area contributed by atoms with Crippen LogP contribution in [0.25, 0.3) is 21.8 Å². The Morgan fingerprint density at radius 2 is 1.60 bits per heavy atom. The zero-order valence-electron chi connectivity index (χ0n) is 17.4. The van der Waals surface area contributed by atoms with E-state index in [1.165, 1.54) is 18.2 Å². The topological polar surface area (TPSA) is 17.4 Å². The van der Waals surface area contributed by atoms with Crippen LogP contribution in [0.15, 0.2) is 60.7 Å². The van der Waals surface area contributed by atoms with Gasteiger partial charge in [0.15, 0.2) is 0 Å². The maximum absolute atomic E-state index is 14.1. The molecule has 0 saturated carbocycles. The number of benzene rings is 3. The zero-order valence-corrected chi connectivity index (χ0v) is 17.4. The summed E-state index contributed by atoms with van der Waals surface area (Å²) in [5, 5.41) is 1.74. The molecule has 4 rings (SSSR count). The summed E-state index contributed by atoms with van der Waals surface area (Å²) in [7, 11) is 0. The normalized spacial score (nSPS) is 11.6. The first-order valence-electron chi connectivity index (χ1n) is 10.4. The summed E-state index contributed by atoms with van der Waals surface area (Å²) in [4.78, 5) is 2.30. The van der Waals surface area contributed by atoms with Crippen molar-refractivity contribution in [3.05, 3.63) is 77.9 Å². The fourth-order valence-corrected chi connectivity index (χ4v) is 3.98. The number of likely N-dealkylation sites (N-methyl/N-ethyl adjacent to an activating group) is 1. The van der Waals surface area contributed by atoms with Gasteiger partial charge in [-0.2, -0.15) is 0 Å². The molecule has 0 bridgehead atoms. The molecule has 4 aromatic rings. The highest BCUT2D eigenvalue weighted by atomic mass is 19.1. The van der Waals surface area contributed by atoms with Gasteiger partial charge < -0.3 is 14.2 Å². The van der Waals surface area contributed by atoms with Crippen molar-refractivity contribution < 1.29 is 13.5 Å². The second-order valence-corrected chi connectivity index (χ2v) is 7.40. The van der Waals surface area contributed by atoms with Gasteiger partial charge in [-0.15, -0.1) is 0 Å². The van der Waals surface area contributed by atoms with Gasteiger partial charge in [0.2, 0.25) is 0 Å². The number of halogens is 2. The molecule has 3 nitrogen and oxygen atoms in total. The Balaban J connectivity index is 1.77. The Labute approximate surface area is 175 Å². The highest BCUT2D eigenvalue weighted by Gasteiger charge is 2.16. The minimum absolute atomic E-state index is 0.257. The van der Waals surface area contributed by atoms with Gasteiger partial charge in [0, 0.05) is 29.4 Å². The molecule has 0 saturated heterocycles. The molecule has 0 N–H and O–H groups in total. The Hall–Kier alpha value is -2.92. The molecule has 30 heavy (non-hydrogen) atoms. The summed E-state index contributed by atoms with van der Waals surface area (Å²) >= 11 is 0. The number of hydrogen-bond donors (Lipinski definition) is 0. The summed E-state index contributed by atoms with van der Waals surface area (Å²) < 4.78 is 35.7. The maximum atomic E-state index is 14.1. The number of ether oxygens (including phenoxy) is 1. The van der Waals surface area contributed by atoms with Crippen LogP contribution >= 0.6 is 0 Å². The van der Waals surface area contributed by atoms with Crippen molar-refractivity contribution in [3.8, 4) is 5.75 Å². The van der Waals surface area contributed by atoms with Crippen LogP contribution in [0.5, 0.6) is 5.75 Å². The summed E-state index contributed by atoms with van der Waals surface area (Å²) in [6, 6.07) is 17.3. The number of nitrogens with zero attached hydrogens (tertiary/aromatic N) is 2. The molecule has 0 aliphatic heterocycles. The molecule has 3 aromatic carbocycles. The van der Waals surface area contributed by atoms with Crippen LogP contribution in [0.4, 0.5) is 8.78 Å². The van der Waals surface area contributed by atoms with E-state index in [0.717, 1.165) is 52.8 Å². The van der Waals surface area contributed by atoms with E-state index in [4.69, 9.17) is 4.74 Å². The SMILES string of the molecule is CCN(CC)CCOc1cccc2c1c1cc(F)ccc1n2Cc1ccc(F)cc1. The predicted molar refractivity (Wildman–Crippen MR) is 118 cm³/mol. The standard InChI is InChI=1S/C25H26F2N2O/c1-3-28(4-2)14-15-30-24-7-5-6-23-25(24)21-16-20(27)12-13-22(21)29(23)17-18-8-10-19(26)11-9-18/h5-13,16H,3-4,14-15,17H2,1-2H3. The van der Waals surface area contributed by atoms with Crippen molar-refractivity contribution in [2.75, 3.05) is 26.2 Å². The van der Waals surface area contributed by atoms with Crippen molar-refractivity contribution >= 4 is 21.8 Å². The maximum Gasteiger partial charge on any atom is 0.129 e. The first-order chi connectivity index (χ1) is 14.6. The van der Waals surface area contributed by atoms with Crippen LogP contribution in [0, 0.1) is 11.6 Å². The lowest BCUT2D eigenvalue weighted by Gasteiger charge is -2.18. The number of fused-ring (bicyclic) bond motifs is 3. The molecule has 0 fully saturated rings. The van der Waals surface area contributed by atoms with Crippen molar-refractivity contribution in [3.63, 3.8) is 0 Å². The molecule has 1 aromatic heterocycles. The molecule has 0 spiro atoms. The van der Waals surface area contributed by atoms with Crippen LogP contribution in [0.3, 0.4) is 0 Å². The lowest BCUT2D eigenvalue weighted by Crippen LogP contribution is -2.27. The Bertz CT molecular complexity index is 1150. The number of hydrogen-bond acceptors (Lipinski definition) is 2. The average molecular weight is 408 g/mol. The minimum Gasteiger partial charge on any atom is -0.492 e. The van der Waals surface area contributed by atoms with Crippen LogP contribution in [0.1, 0.15) is 19.4 Å². The predicted octanol–water partition coefficient (Wildman–Crippen LogP) is 5.84. The third-order valence-corrected chi connectivity index (χ3v) is 5.63. The molecule has 0 amide bonds. The monoisotopic (exact) mass is 408 g/mol. The third kappa shape index (κ3) is 4.03. The van der Waals surface area contributed by atoms with Gasteiger partial charge in [-0.25, -0.2) is 8.78 Å². The van der Waals surface area contributed by atoms with E-state index < -0.39 is 0 Å². The van der Waals surface area contributed by atoms with E-state index >= 15 is 0 Å². The quantitative estimate of drug-likeness (QED) is 0.364. The Kier molecular flexibility index (Phi) is 6.00. The minimum atomic E-state index is -0.277. The highest BCUT2D eigenvalue weighted by molar-refractivity contribution is 6.11. The van der Waals surface area contributed by atoms with Gasteiger partial charge >= 0.3 is 0 Å². The molecule has 0 unspecified atom stereocenters. The molecule has 156 valence electrons. The lowest BCUT2D eigenvalue weighted by atomic mass is 10.1. The molecule has 5 heteroatoms. The van der Waals surface area contributed by atoms with Crippen LogP contribution in [-0.2, 0) is 6.54 Å². The first-order valence-corrected chi connectivity index (χ1v) is 10.4. The van der Waals surface area contributed by atoms with Crippen molar-refractivity contribution in [1.82, 2.24) is 9.47 Å². The van der Waals surface area contributed by atoms with Gasteiger partial charge in [0.05, 0.1) is 5.52 Å². The summed E-state index contributed by atoms with van der Waals surface area (Å²) in [5.74, 6) is 0.223. The summed E-state index contributed by atoms with van der Waals surface area (Å²) in [6.07, 6.45) is 0. The second-order valence-electron chi connectivity index (χ2n) is 7.40. The average Bonchev–Trinajstić information content (AvgIpc) is 3.06. The number of rotatable bonds is 8. The molecule has 0 aliphatic rings. The highest BCUT2D eigenvalue weighted by Crippen LogP contribution is 2.36. The molecule has 0 atom stereocenters. The first kappa shape index (κ1) is 20.4.